The van der Waals surface area contributed by atoms with Crippen LogP contribution in [-0.2, 0) is 20.0 Å². The summed E-state index contributed by atoms with van der Waals surface area (Å²) >= 11 is 1.76. The van der Waals surface area contributed by atoms with E-state index in [4.69, 9.17) is 9.98 Å². The summed E-state index contributed by atoms with van der Waals surface area (Å²) in [7, 11) is 4.16. The zero-order chi connectivity index (χ0) is 18.4. The van der Waals surface area contributed by atoms with Crippen molar-refractivity contribution in [1.29, 1.82) is 0 Å². The second-order valence-electron chi connectivity index (χ2n) is 6.77. The first-order valence-electron chi connectivity index (χ1n) is 9.46. The highest BCUT2D eigenvalue weighted by Crippen LogP contribution is 2.24. The molecule has 8 heteroatoms. The predicted octanol–water partition coefficient (Wildman–Crippen LogP) is 3.34. The molecule has 2 aromatic heterocycles. The number of hydrogen-bond donors (Lipinski definition) is 1. The van der Waals surface area contributed by atoms with E-state index in [1.807, 2.05) is 0 Å². The van der Waals surface area contributed by atoms with Gasteiger partial charge in [-0.1, -0.05) is 0 Å². The first-order valence-corrected chi connectivity index (χ1v) is 10.3. The third kappa shape index (κ3) is 6.10. The maximum atomic E-state index is 4.80. The molecule has 1 saturated heterocycles. The third-order valence-corrected chi connectivity index (χ3v) is 5.64. The zero-order valence-electron chi connectivity index (χ0n) is 16.5. The highest BCUT2D eigenvalue weighted by molar-refractivity contribution is 14.0. The summed E-state index contributed by atoms with van der Waals surface area (Å²) in [5.41, 5.74) is 2.43. The normalized spacial score (nSPS) is 14.3. The molecule has 0 unspecified atom stereocenters. The summed E-state index contributed by atoms with van der Waals surface area (Å²) in [5.74, 6) is 0.948. The fourth-order valence-corrected chi connectivity index (χ4v) is 4.10. The highest BCUT2D eigenvalue weighted by Gasteiger charge is 2.15. The molecule has 0 saturated carbocycles. The lowest BCUT2D eigenvalue weighted by atomic mass is 10.3. The summed E-state index contributed by atoms with van der Waals surface area (Å²) in [5, 5.41) is 6.75. The molecule has 27 heavy (non-hydrogen) atoms. The molecule has 3 heterocycles. The van der Waals surface area contributed by atoms with Crippen molar-refractivity contribution in [2.75, 3.05) is 38.1 Å². The number of aliphatic imine (C=N–C) groups is 1. The van der Waals surface area contributed by atoms with Crippen LogP contribution in [0.5, 0.6) is 0 Å². The molecule has 2 aromatic rings. The van der Waals surface area contributed by atoms with Crippen molar-refractivity contribution in [3.63, 3.8) is 0 Å². The summed E-state index contributed by atoms with van der Waals surface area (Å²) < 4.78 is 2.15. The largest absolute Gasteiger partial charge is 0.357 e. The van der Waals surface area contributed by atoms with Gasteiger partial charge in [0.05, 0.1) is 12.2 Å². The maximum absolute atomic E-state index is 4.80. The van der Waals surface area contributed by atoms with E-state index in [9.17, 15) is 0 Å². The average Bonchev–Trinajstić information content (AvgIpc) is 3.36. The van der Waals surface area contributed by atoms with E-state index < -0.39 is 0 Å². The number of nitrogens with one attached hydrogen (secondary N) is 1. The van der Waals surface area contributed by atoms with Gasteiger partial charge in [-0.15, -0.1) is 35.3 Å². The second kappa shape index (κ2) is 10.9. The van der Waals surface area contributed by atoms with Gasteiger partial charge in [-0.3, -0.25) is 4.99 Å². The number of thiazole rings is 1. The highest BCUT2D eigenvalue weighted by atomic mass is 127. The van der Waals surface area contributed by atoms with Gasteiger partial charge in [0.1, 0.15) is 0 Å². The third-order valence-electron chi connectivity index (χ3n) is 4.69. The van der Waals surface area contributed by atoms with E-state index in [2.05, 4.69) is 64.4 Å². The number of nitrogens with zero attached hydrogens (tertiary/aromatic N) is 5. The molecule has 0 aromatic carbocycles. The fraction of sp³-hybridized carbons (Fsp3) is 0.579. The monoisotopic (exact) mass is 502 g/mol. The molecule has 0 amide bonds. The maximum Gasteiger partial charge on any atom is 0.194 e. The quantitative estimate of drug-likeness (QED) is 0.359. The van der Waals surface area contributed by atoms with Gasteiger partial charge in [-0.25, -0.2) is 4.98 Å². The van der Waals surface area contributed by atoms with Crippen LogP contribution in [0.3, 0.4) is 0 Å². The number of rotatable bonds is 7. The van der Waals surface area contributed by atoms with Crippen molar-refractivity contribution in [3.8, 4) is 0 Å². The van der Waals surface area contributed by atoms with Crippen molar-refractivity contribution < 1.29 is 0 Å². The van der Waals surface area contributed by atoms with E-state index in [0.717, 1.165) is 50.8 Å². The summed E-state index contributed by atoms with van der Waals surface area (Å²) in [6.45, 7) is 6.87. The number of aromatic nitrogens is 2. The molecule has 1 aliphatic rings. The number of halogens is 1. The Balaban J connectivity index is 0.00000261. The summed E-state index contributed by atoms with van der Waals surface area (Å²) in [6, 6.07) is 4.22. The van der Waals surface area contributed by atoms with Crippen molar-refractivity contribution >= 4 is 46.4 Å². The zero-order valence-corrected chi connectivity index (χ0v) is 19.7. The SMILES string of the molecule is CCNC(=NCCc1csc(N2CCCC2)n1)N(C)Cc1cccn1C.I. The molecule has 3 rings (SSSR count). The van der Waals surface area contributed by atoms with Crippen LogP contribution in [0.2, 0.25) is 0 Å². The molecule has 0 aliphatic carbocycles. The minimum absolute atomic E-state index is 0. The van der Waals surface area contributed by atoms with Gasteiger partial charge in [-0.05, 0) is 31.9 Å². The topological polar surface area (TPSA) is 48.7 Å². The van der Waals surface area contributed by atoms with Gasteiger partial charge < -0.3 is 19.7 Å². The molecule has 1 N–H and O–H groups in total. The first-order chi connectivity index (χ1) is 12.7. The van der Waals surface area contributed by atoms with Gasteiger partial charge in [0, 0.05) is 64.0 Å². The van der Waals surface area contributed by atoms with E-state index in [0.29, 0.717) is 0 Å². The second-order valence-corrected chi connectivity index (χ2v) is 7.60. The van der Waals surface area contributed by atoms with Crippen molar-refractivity contribution in [3.05, 3.63) is 35.1 Å². The number of hydrogen-bond acceptors (Lipinski definition) is 4. The molecule has 150 valence electrons. The number of guanidine groups is 1. The Bertz CT molecular complexity index is 719. The Kier molecular flexibility index (Phi) is 8.88. The van der Waals surface area contributed by atoms with Crippen LogP contribution in [0, 0.1) is 0 Å². The molecular formula is C19H31IN6S. The van der Waals surface area contributed by atoms with Crippen LogP contribution < -0.4 is 10.2 Å². The lowest BCUT2D eigenvalue weighted by Gasteiger charge is -2.22. The van der Waals surface area contributed by atoms with Crippen LogP contribution in [0.1, 0.15) is 31.2 Å². The Morgan fingerprint density at radius 1 is 1.37 bits per heavy atom. The minimum atomic E-state index is 0. The first kappa shape index (κ1) is 22.0. The van der Waals surface area contributed by atoms with Crippen LogP contribution >= 0.6 is 35.3 Å². The van der Waals surface area contributed by atoms with E-state index in [-0.39, 0.29) is 24.0 Å². The smallest absolute Gasteiger partial charge is 0.194 e. The van der Waals surface area contributed by atoms with Gasteiger partial charge in [-0.2, -0.15) is 0 Å². The van der Waals surface area contributed by atoms with E-state index in [1.54, 1.807) is 11.3 Å². The molecular weight excluding hydrogens is 471 g/mol. The Labute approximate surface area is 183 Å². The van der Waals surface area contributed by atoms with Gasteiger partial charge in [0.25, 0.3) is 0 Å². The standard InChI is InChI=1S/C19H30N6S.HI/c1-4-20-18(24(3)14-17-8-7-11-23(17)2)21-10-9-16-15-26-19(22-16)25-12-5-6-13-25;/h7-8,11,15H,4-6,9-10,12-14H2,1-3H3,(H,20,21);1H. The Hall–Kier alpha value is -1.29. The Morgan fingerprint density at radius 2 is 2.15 bits per heavy atom. The molecule has 6 nitrogen and oxygen atoms in total. The molecule has 0 spiro atoms. The number of anilines is 1. The molecule has 0 radical (unpaired) electrons. The van der Waals surface area contributed by atoms with Crippen LogP contribution in [0.15, 0.2) is 28.7 Å². The Morgan fingerprint density at radius 3 is 2.81 bits per heavy atom. The predicted molar refractivity (Wildman–Crippen MR) is 126 cm³/mol. The van der Waals surface area contributed by atoms with Crippen molar-refractivity contribution in [2.24, 2.45) is 12.0 Å². The van der Waals surface area contributed by atoms with Crippen molar-refractivity contribution in [2.45, 2.75) is 32.7 Å². The lowest BCUT2D eigenvalue weighted by molar-refractivity contribution is 0.462. The average molecular weight is 502 g/mol. The van der Waals surface area contributed by atoms with Crippen LogP contribution in [0.25, 0.3) is 0 Å². The van der Waals surface area contributed by atoms with Crippen LogP contribution in [-0.4, -0.2) is 53.6 Å². The summed E-state index contributed by atoms with van der Waals surface area (Å²) in [4.78, 5) is 14.2. The van der Waals surface area contributed by atoms with Gasteiger partial charge >= 0.3 is 0 Å². The number of aryl methyl sites for hydroxylation is 1. The van der Waals surface area contributed by atoms with E-state index in [1.165, 1.54) is 23.7 Å². The molecule has 0 bridgehead atoms. The summed E-state index contributed by atoms with van der Waals surface area (Å²) in [6.07, 6.45) is 5.54. The van der Waals surface area contributed by atoms with Crippen molar-refractivity contribution in [1.82, 2.24) is 19.8 Å². The van der Waals surface area contributed by atoms with Gasteiger partial charge in [0.2, 0.25) is 0 Å². The fourth-order valence-electron chi connectivity index (χ4n) is 3.19. The van der Waals surface area contributed by atoms with Gasteiger partial charge in [0.15, 0.2) is 11.1 Å². The minimum Gasteiger partial charge on any atom is -0.357 e. The molecule has 0 atom stereocenters. The lowest BCUT2D eigenvalue weighted by Crippen LogP contribution is -2.39. The molecule has 1 aliphatic heterocycles. The molecule has 1 fully saturated rings. The van der Waals surface area contributed by atoms with Crippen LogP contribution in [0.4, 0.5) is 5.13 Å². The van der Waals surface area contributed by atoms with E-state index >= 15 is 0 Å².